The maximum atomic E-state index is 13.2. The number of hydrazone groups is 1. The first-order valence-electron chi connectivity index (χ1n) is 9.79. The molecule has 0 saturated heterocycles. The summed E-state index contributed by atoms with van der Waals surface area (Å²) in [7, 11) is 0. The number of fused-ring (bicyclic) bond motifs is 3. The molecule has 3 aromatic carbocycles. The molecule has 2 amide bonds. The molecule has 5 heteroatoms. The Bertz CT molecular complexity index is 1100. The van der Waals surface area contributed by atoms with E-state index in [1.807, 2.05) is 60.7 Å². The smallest absolute Gasteiger partial charge is 0.306 e. The van der Waals surface area contributed by atoms with Gasteiger partial charge in [0.05, 0.1) is 11.8 Å². The van der Waals surface area contributed by atoms with E-state index < -0.39 is 0 Å². The van der Waals surface area contributed by atoms with Crippen LogP contribution in [0.3, 0.4) is 0 Å². The number of carbonyl (C=O) groups is 1. The first kappa shape index (κ1) is 18.0. The molecule has 2 atom stereocenters. The van der Waals surface area contributed by atoms with Gasteiger partial charge in [0, 0.05) is 22.2 Å². The second-order valence-electron chi connectivity index (χ2n) is 7.39. The van der Waals surface area contributed by atoms with Crippen molar-refractivity contribution in [3.63, 3.8) is 0 Å². The minimum atomic E-state index is -0.250. The number of para-hydroxylation sites is 1. The van der Waals surface area contributed by atoms with Crippen molar-refractivity contribution in [2.75, 3.05) is 5.32 Å². The number of nitrogens with one attached hydrogen (secondary N) is 1. The minimum absolute atomic E-state index is 0.117. The van der Waals surface area contributed by atoms with Crippen LogP contribution >= 0.6 is 11.6 Å². The van der Waals surface area contributed by atoms with E-state index in [-0.39, 0.29) is 18.0 Å². The van der Waals surface area contributed by atoms with Crippen molar-refractivity contribution in [1.82, 2.24) is 5.01 Å². The maximum absolute atomic E-state index is 13.2. The van der Waals surface area contributed by atoms with E-state index in [2.05, 4.69) is 23.5 Å². The largest absolute Gasteiger partial charge is 0.342 e. The SMILES string of the molecule is O=C(Nc1ccccc1)N1N=C2c3ccccc3CCC2C1c1ccccc1Cl. The van der Waals surface area contributed by atoms with Crippen LogP contribution in [0.25, 0.3) is 0 Å². The summed E-state index contributed by atoms with van der Waals surface area (Å²) in [6.45, 7) is 0. The number of hydrogen-bond donors (Lipinski definition) is 1. The average molecular weight is 402 g/mol. The van der Waals surface area contributed by atoms with Gasteiger partial charge in [0.1, 0.15) is 0 Å². The summed E-state index contributed by atoms with van der Waals surface area (Å²) in [6, 6.07) is 25.0. The number of urea groups is 1. The minimum Gasteiger partial charge on any atom is -0.306 e. The molecule has 2 aliphatic rings. The Morgan fingerprint density at radius 2 is 1.69 bits per heavy atom. The van der Waals surface area contributed by atoms with Gasteiger partial charge in [-0.05, 0) is 42.2 Å². The Morgan fingerprint density at radius 3 is 2.52 bits per heavy atom. The highest BCUT2D eigenvalue weighted by molar-refractivity contribution is 6.31. The average Bonchev–Trinajstić information content (AvgIpc) is 3.15. The molecule has 144 valence electrons. The summed E-state index contributed by atoms with van der Waals surface area (Å²) >= 11 is 6.56. The van der Waals surface area contributed by atoms with Crippen LogP contribution in [0, 0.1) is 5.92 Å². The molecule has 1 aliphatic heterocycles. The van der Waals surface area contributed by atoms with Crippen LogP contribution in [0.2, 0.25) is 5.02 Å². The second-order valence-corrected chi connectivity index (χ2v) is 7.80. The van der Waals surface area contributed by atoms with Gasteiger partial charge >= 0.3 is 6.03 Å². The second kappa shape index (κ2) is 7.37. The molecule has 0 saturated carbocycles. The van der Waals surface area contributed by atoms with Gasteiger partial charge in [-0.25, -0.2) is 9.80 Å². The first-order chi connectivity index (χ1) is 14.2. The highest BCUT2D eigenvalue weighted by Crippen LogP contribution is 2.45. The topological polar surface area (TPSA) is 44.7 Å². The molecular weight excluding hydrogens is 382 g/mol. The number of amides is 2. The lowest BCUT2D eigenvalue weighted by molar-refractivity contribution is 0.188. The number of rotatable bonds is 2. The zero-order chi connectivity index (χ0) is 19.8. The van der Waals surface area contributed by atoms with Crippen LogP contribution in [-0.2, 0) is 6.42 Å². The molecule has 1 heterocycles. The van der Waals surface area contributed by atoms with Crippen molar-refractivity contribution in [1.29, 1.82) is 0 Å². The fraction of sp³-hybridized carbons (Fsp3) is 0.167. The monoisotopic (exact) mass is 401 g/mol. The zero-order valence-corrected chi connectivity index (χ0v) is 16.5. The van der Waals surface area contributed by atoms with E-state index >= 15 is 0 Å². The molecule has 0 fully saturated rings. The highest BCUT2D eigenvalue weighted by Gasteiger charge is 2.44. The van der Waals surface area contributed by atoms with Gasteiger partial charge in [-0.15, -0.1) is 0 Å². The van der Waals surface area contributed by atoms with Gasteiger partial charge in [0.15, 0.2) is 0 Å². The molecule has 0 bridgehead atoms. The third-order valence-corrected chi connectivity index (χ3v) is 6.03. The molecule has 5 rings (SSSR count). The molecule has 1 N–H and O–H groups in total. The Labute approximate surface area is 174 Å². The van der Waals surface area contributed by atoms with E-state index in [0.29, 0.717) is 5.02 Å². The Balaban J connectivity index is 1.57. The van der Waals surface area contributed by atoms with Gasteiger partial charge in [0.25, 0.3) is 0 Å². The number of hydrogen-bond acceptors (Lipinski definition) is 2. The van der Waals surface area contributed by atoms with Crippen molar-refractivity contribution >= 4 is 29.0 Å². The van der Waals surface area contributed by atoms with Crippen LogP contribution in [0.4, 0.5) is 10.5 Å². The maximum Gasteiger partial charge on any atom is 0.342 e. The fourth-order valence-electron chi connectivity index (χ4n) is 4.36. The van der Waals surface area contributed by atoms with Crippen molar-refractivity contribution in [2.24, 2.45) is 11.0 Å². The summed E-state index contributed by atoms with van der Waals surface area (Å²) in [4.78, 5) is 13.2. The van der Waals surface area contributed by atoms with E-state index in [1.54, 1.807) is 5.01 Å². The van der Waals surface area contributed by atoms with Gasteiger partial charge in [-0.1, -0.05) is 72.3 Å². The molecular formula is C24H20ClN3O. The van der Waals surface area contributed by atoms with Crippen molar-refractivity contribution in [3.8, 4) is 0 Å². The third kappa shape index (κ3) is 3.19. The van der Waals surface area contributed by atoms with Crippen LogP contribution in [0.1, 0.15) is 29.2 Å². The van der Waals surface area contributed by atoms with Crippen molar-refractivity contribution in [2.45, 2.75) is 18.9 Å². The lowest BCUT2D eigenvalue weighted by Crippen LogP contribution is -2.35. The van der Waals surface area contributed by atoms with Crippen molar-refractivity contribution < 1.29 is 4.79 Å². The molecule has 0 aromatic heterocycles. The fourth-order valence-corrected chi connectivity index (χ4v) is 4.60. The molecule has 0 spiro atoms. The predicted molar refractivity (Wildman–Crippen MR) is 116 cm³/mol. The lowest BCUT2D eigenvalue weighted by atomic mass is 9.77. The van der Waals surface area contributed by atoms with Gasteiger partial charge in [-0.2, -0.15) is 5.10 Å². The van der Waals surface area contributed by atoms with Gasteiger partial charge in [0.2, 0.25) is 0 Å². The van der Waals surface area contributed by atoms with E-state index in [9.17, 15) is 4.79 Å². The number of halogens is 1. The molecule has 1 aliphatic carbocycles. The van der Waals surface area contributed by atoms with Crippen LogP contribution in [0.15, 0.2) is 84.0 Å². The standard InChI is InChI=1S/C24H20ClN3O/c25-21-13-7-6-12-19(21)23-20-15-14-16-8-4-5-11-18(16)22(20)27-28(23)24(29)26-17-9-2-1-3-10-17/h1-13,20,23H,14-15H2,(H,26,29). The summed E-state index contributed by atoms with van der Waals surface area (Å²) < 4.78 is 0. The summed E-state index contributed by atoms with van der Waals surface area (Å²) in [5.74, 6) is 0.117. The van der Waals surface area contributed by atoms with Crippen molar-refractivity contribution in [3.05, 3.63) is 101 Å². The highest BCUT2D eigenvalue weighted by atomic mass is 35.5. The third-order valence-electron chi connectivity index (χ3n) is 5.69. The quantitative estimate of drug-likeness (QED) is 0.571. The van der Waals surface area contributed by atoms with Crippen LogP contribution < -0.4 is 5.32 Å². The Hall–Kier alpha value is -3.11. The van der Waals surface area contributed by atoms with Gasteiger partial charge < -0.3 is 5.32 Å². The first-order valence-corrected chi connectivity index (χ1v) is 10.2. The number of nitrogens with zero attached hydrogens (tertiary/aromatic N) is 2. The molecule has 29 heavy (non-hydrogen) atoms. The summed E-state index contributed by atoms with van der Waals surface area (Å²) in [5, 5.41) is 10.0. The van der Waals surface area contributed by atoms with E-state index in [4.69, 9.17) is 16.7 Å². The predicted octanol–water partition coefficient (Wildman–Crippen LogP) is 5.90. The summed E-state index contributed by atoms with van der Waals surface area (Å²) in [6.07, 6.45) is 1.90. The molecule has 2 unspecified atom stereocenters. The normalized spacial score (nSPS) is 19.9. The lowest BCUT2D eigenvalue weighted by Gasteiger charge is -2.30. The number of aryl methyl sites for hydroxylation is 1. The Kier molecular flexibility index (Phi) is 4.57. The zero-order valence-electron chi connectivity index (χ0n) is 15.8. The van der Waals surface area contributed by atoms with E-state index in [0.717, 1.165) is 35.4 Å². The molecule has 3 aromatic rings. The number of carbonyl (C=O) groups excluding carboxylic acids is 1. The summed E-state index contributed by atoms with van der Waals surface area (Å²) in [5.41, 5.74) is 5.06. The Morgan fingerprint density at radius 1 is 0.966 bits per heavy atom. The molecule has 4 nitrogen and oxygen atoms in total. The van der Waals surface area contributed by atoms with Gasteiger partial charge in [-0.3, -0.25) is 0 Å². The number of anilines is 1. The van der Waals surface area contributed by atoms with Crippen LogP contribution in [0.5, 0.6) is 0 Å². The van der Waals surface area contributed by atoms with Crippen LogP contribution in [-0.4, -0.2) is 16.8 Å². The number of benzene rings is 3. The van der Waals surface area contributed by atoms with E-state index in [1.165, 1.54) is 5.56 Å². The molecule has 0 radical (unpaired) electrons.